The SMILES string of the molecule is COc1ccc(C(C)NCc2ccc(C#N)s2)cc1OC. The van der Waals surface area contributed by atoms with Gasteiger partial charge in [0.15, 0.2) is 11.5 Å². The maximum atomic E-state index is 8.83. The zero-order valence-corrected chi connectivity index (χ0v) is 13.2. The van der Waals surface area contributed by atoms with Gasteiger partial charge >= 0.3 is 0 Å². The van der Waals surface area contributed by atoms with Crippen molar-refractivity contribution in [3.63, 3.8) is 0 Å². The van der Waals surface area contributed by atoms with E-state index in [2.05, 4.69) is 18.3 Å². The third-order valence-corrected chi connectivity index (χ3v) is 4.25. The van der Waals surface area contributed by atoms with Gasteiger partial charge in [0.1, 0.15) is 10.9 Å². The van der Waals surface area contributed by atoms with E-state index >= 15 is 0 Å². The summed E-state index contributed by atoms with van der Waals surface area (Å²) in [6.07, 6.45) is 0. The summed E-state index contributed by atoms with van der Waals surface area (Å²) in [6.45, 7) is 2.84. The van der Waals surface area contributed by atoms with E-state index in [9.17, 15) is 0 Å². The second kappa shape index (κ2) is 7.11. The second-order valence-electron chi connectivity index (χ2n) is 4.59. The van der Waals surface area contributed by atoms with Crippen LogP contribution in [-0.4, -0.2) is 14.2 Å². The molecule has 0 saturated carbocycles. The van der Waals surface area contributed by atoms with Crippen LogP contribution in [0.15, 0.2) is 30.3 Å². The summed E-state index contributed by atoms with van der Waals surface area (Å²) in [6, 6.07) is 12.1. The minimum atomic E-state index is 0.178. The molecule has 1 N–H and O–H groups in total. The summed E-state index contributed by atoms with van der Waals surface area (Å²) in [5, 5.41) is 12.3. The average molecular weight is 302 g/mol. The first-order chi connectivity index (χ1) is 10.2. The summed E-state index contributed by atoms with van der Waals surface area (Å²) in [5.41, 5.74) is 1.13. The van der Waals surface area contributed by atoms with Gasteiger partial charge in [-0.05, 0) is 36.8 Å². The molecule has 1 aromatic carbocycles. The highest BCUT2D eigenvalue weighted by molar-refractivity contribution is 7.12. The molecule has 2 aromatic rings. The molecular formula is C16H18N2O2S. The summed E-state index contributed by atoms with van der Waals surface area (Å²) >= 11 is 1.52. The average Bonchev–Trinajstić information content (AvgIpc) is 2.99. The fraction of sp³-hybridized carbons (Fsp3) is 0.312. The molecule has 0 aliphatic carbocycles. The Hall–Kier alpha value is -2.03. The van der Waals surface area contributed by atoms with Crippen LogP contribution >= 0.6 is 11.3 Å². The first-order valence-electron chi connectivity index (χ1n) is 6.62. The van der Waals surface area contributed by atoms with E-state index in [1.165, 1.54) is 11.3 Å². The van der Waals surface area contributed by atoms with Gasteiger partial charge in [-0.3, -0.25) is 0 Å². The number of benzene rings is 1. The number of ether oxygens (including phenoxy) is 2. The van der Waals surface area contributed by atoms with Crippen molar-refractivity contribution >= 4 is 11.3 Å². The van der Waals surface area contributed by atoms with Gasteiger partial charge in [0.05, 0.1) is 14.2 Å². The standard InChI is InChI=1S/C16H18N2O2S/c1-11(18-10-14-6-5-13(9-17)21-14)12-4-7-15(19-2)16(8-12)20-3/h4-8,11,18H,10H2,1-3H3. The van der Waals surface area contributed by atoms with Crippen LogP contribution in [0.1, 0.15) is 28.3 Å². The van der Waals surface area contributed by atoms with Crippen LogP contribution in [0.2, 0.25) is 0 Å². The van der Waals surface area contributed by atoms with Crippen LogP contribution in [0.3, 0.4) is 0 Å². The summed E-state index contributed by atoms with van der Waals surface area (Å²) in [5.74, 6) is 1.46. The molecule has 2 rings (SSSR count). The van der Waals surface area contributed by atoms with Crippen molar-refractivity contribution in [1.29, 1.82) is 5.26 Å². The molecule has 0 spiro atoms. The smallest absolute Gasteiger partial charge is 0.161 e. The highest BCUT2D eigenvalue weighted by Crippen LogP contribution is 2.30. The van der Waals surface area contributed by atoms with E-state index < -0.39 is 0 Å². The molecule has 5 heteroatoms. The van der Waals surface area contributed by atoms with Crippen molar-refractivity contribution in [2.24, 2.45) is 0 Å². The Balaban J connectivity index is 2.03. The third-order valence-electron chi connectivity index (χ3n) is 3.26. The van der Waals surface area contributed by atoms with Gasteiger partial charge in [-0.25, -0.2) is 0 Å². The highest BCUT2D eigenvalue weighted by atomic mass is 32.1. The number of hydrogen-bond acceptors (Lipinski definition) is 5. The molecule has 1 unspecified atom stereocenters. The minimum absolute atomic E-state index is 0.178. The maximum Gasteiger partial charge on any atom is 0.161 e. The Morgan fingerprint density at radius 3 is 2.57 bits per heavy atom. The number of rotatable bonds is 6. The molecule has 0 aliphatic rings. The topological polar surface area (TPSA) is 54.3 Å². The Morgan fingerprint density at radius 2 is 1.95 bits per heavy atom. The summed E-state index contributed by atoms with van der Waals surface area (Å²) < 4.78 is 10.6. The number of thiophene rings is 1. The van der Waals surface area contributed by atoms with Crippen LogP contribution in [0, 0.1) is 11.3 Å². The molecule has 21 heavy (non-hydrogen) atoms. The predicted octanol–water partition coefficient (Wildman–Crippen LogP) is 3.49. The molecule has 1 aromatic heterocycles. The molecule has 110 valence electrons. The van der Waals surface area contributed by atoms with Crippen molar-refractivity contribution < 1.29 is 9.47 Å². The lowest BCUT2D eigenvalue weighted by molar-refractivity contribution is 0.354. The fourth-order valence-corrected chi connectivity index (χ4v) is 2.78. The number of nitrogens with one attached hydrogen (secondary N) is 1. The van der Waals surface area contributed by atoms with E-state index in [-0.39, 0.29) is 6.04 Å². The molecule has 0 radical (unpaired) electrons. The quantitative estimate of drug-likeness (QED) is 0.887. The number of nitriles is 1. The van der Waals surface area contributed by atoms with Gasteiger partial charge in [0.2, 0.25) is 0 Å². The molecule has 0 bridgehead atoms. The molecule has 0 fully saturated rings. The van der Waals surface area contributed by atoms with Crippen molar-refractivity contribution in [2.75, 3.05) is 14.2 Å². The molecule has 1 atom stereocenters. The molecule has 0 saturated heterocycles. The molecular weight excluding hydrogens is 284 g/mol. The van der Waals surface area contributed by atoms with Crippen molar-refractivity contribution in [1.82, 2.24) is 5.32 Å². The van der Waals surface area contributed by atoms with Crippen molar-refractivity contribution in [2.45, 2.75) is 19.5 Å². The van der Waals surface area contributed by atoms with Gasteiger partial charge in [0.25, 0.3) is 0 Å². The van der Waals surface area contributed by atoms with E-state index in [1.807, 2.05) is 30.3 Å². The zero-order chi connectivity index (χ0) is 15.2. The Bertz CT molecular complexity index is 646. The Labute approximate surface area is 128 Å². The monoisotopic (exact) mass is 302 g/mol. The lowest BCUT2D eigenvalue weighted by Crippen LogP contribution is -2.17. The second-order valence-corrected chi connectivity index (χ2v) is 5.76. The van der Waals surface area contributed by atoms with Crippen LogP contribution in [0.25, 0.3) is 0 Å². The van der Waals surface area contributed by atoms with Crippen molar-refractivity contribution in [3.8, 4) is 17.6 Å². The van der Waals surface area contributed by atoms with E-state index in [0.717, 1.165) is 33.4 Å². The number of nitrogens with zero attached hydrogens (tertiary/aromatic N) is 1. The largest absolute Gasteiger partial charge is 0.493 e. The van der Waals surface area contributed by atoms with Gasteiger partial charge < -0.3 is 14.8 Å². The van der Waals surface area contributed by atoms with E-state index in [1.54, 1.807) is 14.2 Å². The van der Waals surface area contributed by atoms with E-state index in [4.69, 9.17) is 14.7 Å². The fourth-order valence-electron chi connectivity index (χ4n) is 2.03. The first kappa shape index (κ1) is 15.4. The van der Waals surface area contributed by atoms with Gasteiger partial charge in [-0.15, -0.1) is 11.3 Å². The normalized spacial score (nSPS) is 11.7. The van der Waals surface area contributed by atoms with Crippen LogP contribution in [0.4, 0.5) is 0 Å². The molecule has 0 amide bonds. The van der Waals surface area contributed by atoms with Gasteiger partial charge in [-0.2, -0.15) is 5.26 Å². The van der Waals surface area contributed by atoms with Gasteiger partial charge in [0, 0.05) is 17.5 Å². The molecule has 4 nitrogen and oxygen atoms in total. The first-order valence-corrected chi connectivity index (χ1v) is 7.43. The van der Waals surface area contributed by atoms with Crippen LogP contribution in [-0.2, 0) is 6.54 Å². The molecule has 1 heterocycles. The third kappa shape index (κ3) is 3.75. The van der Waals surface area contributed by atoms with Crippen LogP contribution in [0.5, 0.6) is 11.5 Å². The minimum Gasteiger partial charge on any atom is -0.493 e. The van der Waals surface area contributed by atoms with Crippen LogP contribution < -0.4 is 14.8 Å². The van der Waals surface area contributed by atoms with Crippen molar-refractivity contribution in [3.05, 3.63) is 45.6 Å². The zero-order valence-electron chi connectivity index (χ0n) is 12.3. The molecule has 0 aliphatic heterocycles. The lowest BCUT2D eigenvalue weighted by atomic mass is 10.1. The predicted molar refractivity (Wildman–Crippen MR) is 83.8 cm³/mol. The lowest BCUT2D eigenvalue weighted by Gasteiger charge is -2.16. The highest BCUT2D eigenvalue weighted by Gasteiger charge is 2.10. The Morgan fingerprint density at radius 1 is 1.19 bits per heavy atom. The summed E-state index contributed by atoms with van der Waals surface area (Å²) in [7, 11) is 3.26. The Kier molecular flexibility index (Phi) is 5.20. The number of hydrogen-bond donors (Lipinski definition) is 1. The maximum absolute atomic E-state index is 8.83. The summed E-state index contributed by atoms with van der Waals surface area (Å²) in [4.78, 5) is 1.89. The number of methoxy groups -OCH3 is 2. The van der Waals surface area contributed by atoms with E-state index in [0.29, 0.717) is 0 Å². The van der Waals surface area contributed by atoms with Gasteiger partial charge in [-0.1, -0.05) is 6.07 Å².